The maximum absolute atomic E-state index is 13.1. The number of fused-ring (bicyclic) bond motifs is 1. The van der Waals surface area contributed by atoms with Crippen molar-refractivity contribution in [2.75, 3.05) is 5.75 Å². The van der Waals surface area contributed by atoms with Crippen LogP contribution in [0.4, 0.5) is 4.39 Å². The van der Waals surface area contributed by atoms with Crippen LogP contribution in [-0.2, 0) is 0 Å². The summed E-state index contributed by atoms with van der Waals surface area (Å²) in [5.41, 5.74) is 3.45. The van der Waals surface area contributed by atoms with Crippen molar-refractivity contribution in [2.45, 2.75) is 5.16 Å². The molecule has 0 atom stereocenters. The highest BCUT2D eigenvalue weighted by atomic mass is 32.2. The molecule has 4 aromatic rings. The number of halogens is 1. The van der Waals surface area contributed by atoms with Gasteiger partial charge < -0.3 is 0 Å². The lowest BCUT2D eigenvalue weighted by Gasteiger charge is -2.02. The second kappa shape index (κ2) is 7.49. The molecule has 0 saturated heterocycles. The van der Waals surface area contributed by atoms with Crippen LogP contribution >= 0.6 is 11.8 Å². The Hall–Kier alpha value is -2.99. The summed E-state index contributed by atoms with van der Waals surface area (Å²) in [6.07, 6.45) is 4.17. The third-order valence-electron chi connectivity index (χ3n) is 3.79. The molecule has 0 aliphatic rings. The second-order valence-corrected chi connectivity index (χ2v) is 6.59. The lowest BCUT2D eigenvalue weighted by Crippen LogP contribution is -1.96. The van der Waals surface area contributed by atoms with E-state index in [1.165, 1.54) is 12.1 Å². The van der Waals surface area contributed by atoms with Crippen LogP contribution in [-0.4, -0.2) is 25.6 Å². The zero-order valence-corrected chi connectivity index (χ0v) is 14.6. The van der Waals surface area contributed by atoms with E-state index in [1.54, 1.807) is 28.4 Å². The van der Waals surface area contributed by atoms with Gasteiger partial charge in [-0.1, -0.05) is 54.2 Å². The molecule has 2 heterocycles. The van der Waals surface area contributed by atoms with E-state index in [-0.39, 0.29) is 5.82 Å². The number of nitrogens with zero attached hydrogens (tertiary/aromatic N) is 4. The van der Waals surface area contributed by atoms with E-state index in [9.17, 15) is 4.39 Å². The lowest BCUT2D eigenvalue weighted by atomic mass is 10.1. The Bertz CT molecular complexity index is 1040. The van der Waals surface area contributed by atoms with Crippen molar-refractivity contribution in [3.05, 3.63) is 84.2 Å². The van der Waals surface area contributed by atoms with E-state index in [1.807, 2.05) is 30.3 Å². The van der Waals surface area contributed by atoms with Crippen LogP contribution in [0, 0.1) is 5.82 Å². The minimum Gasteiger partial charge on any atom is -0.207 e. The molecule has 26 heavy (non-hydrogen) atoms. The van der Waals surface area contributed by atoms with E-state index < -0.39 is 0 Å². The monoisotopic (exact) mass is 362 g/mol. The normalized spacial score (nSPS) is 11.4. The van der Waals surface area contributed by atoms with Gasteiger partial charge in [-0.15, -0.1) is 10.2 Å². The van der Waals surface area contributed by atoms with Gasteiger partial charge in [-0.2, -0.15) is 9.61 Å². The van der Waals surface area contributed by atoms with Crippen LogP contribution in [0.25, 0.3) is 23.0 Å². The molecule has 0 spiro atoms. The smallest absolute Gasteiger partial charge is 0.207 e. The first kappa shape index (κ1) is 16.5. The van der Waals surface area contributed by atoms with E-state index >= 15 is 0 Å². The van der Waals surface area contributed by atoms with Gasteiger partial charge in [-0.3, -0.25) is 0 Å². The fourth-order valence-electron chi connectivity index (χ4n) is 2.50. The Morgan fingerprint density at radius 3 is 2.54 bits per heavy atom. The fourth-order valence-corrected chi connectivity index (χ4v) is 3.20. The predicted octanol–water partition coefficient (Wildman–Crippen LogP) is 4.74. The van der Waals surface area contributed by atoms with Gasteiger partial charge in [-0.05, 0) is 42.0 Å². The zero-order valence-electron chi connectivity index (χ0n) is 13.8. The van der Waals surface area contributed by atoms with Crippen molar-refractivity contribution in [2.24, 2.45) is 0 Å². The summed E-state index contributed by atoms with van der Waals surface area (Å²) in [4.78, 5) is 0. The summed E-state index contributed by atoms with van der Waals surface area (Å²) in [6.45, 7) is 0. The quantitative estimate of drug-likeness (QED) is 0.481. The SMILES string of the molecule is Fc1ccc(-c2ccc3nnc(SC/C=C/c4ccccc4)n3n2)cc1. The van der Waals surface area contributed by atoms with Crippen molar-refractivity contribution in [3.8, 4) is 11.3 Å². The largest absolute Gasteiger partial charge is 0.212 e. The number of hydrogen-bond acceptors (Lipinski definition) is 4. The standard InChI is InChI=1S/C20H15FN4S/c21-17-10-8-16(9-11-17)18-12-13-19-22-23-20(25(19)24-18)26-14-4-7-15-5-2-1-3-6-15/h1-13H,14H2/b7-4+. The van der Waals surface area contributed by atoms with E-state index in [2.05, 4.69) is 39.6 Å². The average Bonchev–Trinajstić information content (AvgIpc) is 3.09. The molecule has 2 aromatic carbocycles. The maximum Gasteiger partial charge on any atom is 0.212 e. The Labute approximate surface area is 154 Å². The zero-order chi connectivity index (χ0) is 17.8. The summed E-state index contributed by atoms with van der Waals surface area (Å²) in [6, 6.07) is 20.2. The van der Waals surface area contributed by atoms with Crippen molar-refractivity contribution in [3.63, 3.8) is 0 Å². The molecule has 0 fully saturated rings. The summed E-state index contributed by atoms with van der Waals surface area (Å²) in [5.74, 6) is 0.499. The number of rotatable bonds is 5. The molecule has 6 heteroatoms. The van der Waals surface area contributed by atoms with E-state index in [0.717, 1.165) is 27.7 Å². The molecule has 128 valence electrons. The fraction of sp³-hybridized carbons (Fsp3) is 0.0500. The first-order chi connectivity index (χ1) is 12.8. The molecule has 0 saturated carbocycles. The van der Waals surface area contributed by atoms with Crippen LogP contribution in [0.3, 0.4) is 0 Å². The predicted molar refractivity (Wildman–Crippen MR) is 102 cm³/mol. The molecule has 0 N–H and O–H groups in total. The first-order valence-electron chi connectivity index (χ1n) is 8.12. The highest BCUT2D eigenvalue weighted by Crippen LogP contribution is 2.21. The number of hydrogen-bond donors (Lipinski definition) is 0. The number of aromatic nitrogens is 4. The van der Waals surface area contributed by atoms with Gasteiger partial charge in [0, 0.05) is 11.3 Å². The first-order valence-corrected chi connectivity index (χ1v) is 9.11. The minimum absolute atomic E-state index is 0.263. The van der Waals surface area contributed by atoms with Crippen LogP contribution in [0.1, 0.15) is 5.56 Å². The van der Waals surface area contributed by atoms with Crippen LogP contribution in [0.15, 0.2) is 78.0 Å². The van der Waals surface area contributed by atoms with Crippen molar-refractivity contribution in [1.82, 2.24) is 19.8 Å². The molecular formula is C20H15FN4S. The summed E-state index contributed by atoms with van der Waals surface area (Å²) in [5, 5.41) is 13.7. The number of benzene rings is 2. The van der Waals surface area contributed by atoms with Gasteiger partial charge in [0.2, 0.25) is 5.16 Å². The Balaban J connectivity index is 1.53. The summed E-state index contributed by atoms with van der Waals surface area (Å²) < 4.78 is 14.8. The second-order valence-electron chi connectivity index (χ2n) is 5.60. The highest BCUT2D eigenvalue weighted by Gasteiger charge is 2.08. The summed E-state index contributed by atoms with van der Waals surface area (Å²) >= 11 is 1.56. The Kier molecular flexibility index (Phi) is 4.75. The number of thioether (sulfide) groups is 1. The van der Waals surface area contributed by atoms with Gasteiger partial charge in [-0.25, -0.2) is 4.39 Å². The molecule has 0 amide bonds. The molecule has 0 radical (unpaired) electrons. The third-order valence-corrected chi connectivity index (χ3v) is 4.66. The highest BCUT2D eigenvalue weighted by molar-refractivity contribution is 7.99. The molecule has 0 unspecified atom stereocenters. The van der Waals surface area contributed by atoms with Gasteiger partial charge >= 0.3 is 0 Å². The molecular weight excluding hydrogens is 347 g/mol. The Morgan fingerprint density at radius 2 is 1.73 bits per heavy atom. The van der Waals surface area contributed by atoms with Crippen LogP contribution in [0.2, 0.25) is 0 Å². The van der Waals surface area contributed by atoms with Gasteiger partial charge in [0.15, 0.2) is 5.65 Å². The molecule has 4 nitrogen and oxygen atoms in total. The van der Waals surface area contributed by atoms with Crippen LogP contribution < -0.4 is 0 Å². The van der Waals surface area contributed by atoms with Gasteiger partial charge in [0.25, 0.3) is 0 Å². The lowest BCUT2D eigenvalue weighted by molar-refractivity contribution is 0.628. The van der Waals surface area contributed by atoms with Gasteiger partial charge in [0.05, 0.1) is 5.69 Å². The molecule has 4 rings (SSSR count). The average molecular weight is 362 g/mol. The van der Waals surface area contributed by atoms with E-state index in [0.29, 0.717) is 5.65 Å². The van der Waals surface area contributed by atoms with E-state index in [4.69, 9.17) is 0 Å². The van der Waals surface area contributed by atoms with Crippen molar-refractivity contribution in [1.29, 1.82) is 0 Å². The molecule has 0 aliphatic carbocycles. The topological polar surface area (TPSA) is 43.1 Å². The minimum atomic E-state index is -0.263. The molecule has 0 aliphatic heterocycles. The third kappa shape index (κ3) is 3.65. The van der Waals surface area contributed by atoms with Gasteiger partial charge in [0.1, 0.15) is 5.82 Å². The summed E-state index contributed by atoms with van der Waals surface area (Å²) in [7, 11) is 0. The van der Waals surface area contributed by atoms with Crippen molar-refractivity contribution >= 4 is 23.5 Å². The molecule has 0 bridgehead atoms. The maximum atomic E-state index is 13.1. The Morgan fingerprint density at radius 1 is 0.923 bits per heavy atom. The molecule has 2 aromatic heterocycles. The van der Waals surface area contributed by atoms with Crippen LogP contribution in [0.5, 0.6) is 0 Å². The van der Waals surface area contributed by atoms with Crippen molar-refractivity contribution < 1.29 is 4.39 Å².